The summed E-state index contributed by atoms with van der Waals surface area (Å²) in [6, 6.07) is 15.7. The highest BCUT2D eigenvalue weighted by atomic mass is 32.2. The van der Waals surface area contributed by atoms with E-state index in [0.717, 1.165) is 28.3 Å². The van der Waals surface area contributed by atoms with Gasteiger partial charge < -0.3 is 29.2 Å². The van der Waals surface area contributed by atoms with Gasteiger partial charge in [0.2, 0.25) is 11.8 Å². The minimum Gasteiger partial charge on any atom is -0.497 e. The Morgan fingerprint density at radius 2 is 1.54 bits per heavy atom. The summed E-state index contributed by atoms with van der Waals surface area (Å²) < 4.78 is 51.5. The molecule has 0 heterocycles. The van der Waals surface area contributed by atoms with Gasteiger partial charge in [0.1, 0.15) is 24.1 Å². The maximum absolute atomic E-state index is 14.5. The van der Waals surface area contributed by atoms with Crippen molar-refractivity contribution in [3.05, 3.63) is 71.8 Å². The van der Waals surface area contributed by atoms with Crippen LogP contribution in [0.25, 0.3) is 0 Å². The largest absolute Gasteiger partial charge is 0.497 e. The van der Waals surface area contributed by atoms with Gasteiger partial charge >= 0.3 is 0 Å². The molecule has 3 aromatic rings. The number of aryl methyl sites for hydroxylation is 1. The third-order valence-corrected chi connectivity index (χ3v) is 9.28. The summed E-state index contributed by atoms with van der Waals surface area (Å²) in [6.45, 7) is 5.72. The van der Waals surface area contributed by atoms with Crippen LogP contribution in [0, 0.1) is 6.92 Å². The number of benzene rings is 3. The minimum atomic E-state index is -4.43. The van der Waals surface area contributed by atoms with Gasteiger partial charge in [-0.2, -0.15) is 0 Å². The smallest absolute Gasteiger partial charge is 0.265 e. The van der Waals surface area contributed by atoms with Crippen LogP contribution in [0.15, 0.2) is 65.6 Å². The number of sulfonamides is 1. The second-order valence-corrected chi connectivity index (χ2v) is 12.5. The Labute approximate surface area is 272 Å². The van der Waals surface area contributed by atoms with Crippen molar-refractivity contribution in [1.82, 2.24) is 10.2 Å². The fourth-order valence-corrected chi connectivity index (χ4v) is 6.47. The van der Waals surface area contributed by atoms with Gasteiger partial charge in [-0.05, 0) is 49.6 Å². The number of unbranched alkanes of at least 4 members (excludes halogenated alkanes) is 1. The molecule has 1 atom stereocenters. The van der Waals surface area contributed by atoms with Gasteiger partial charge in [0, 0.05) is 25.2 Å². The predicted octanol–water partition coefficient (Wildman–Crippen LogP) is 4.95. The highest BCUT2D eigenvalue weighted by Gasteiger charge is 2.35. The van der Waals surface area contributed by atoms with E-state index >= 15 is 0 Å². The van der Waals surface area contributed by atoms with Crippen LogP contribution < -0.4 is 28.6 Å². The molecule has 11 nitrogen and oxygen atoms in total. The predicted molar refractivity (Wildman–Crippen MR) is 177 cm³/mol. The van der Waals surface area contributed by atoms with Gasteiger partial charge in [0.15, 0.2) is 11.5 Å². The molecule has 1 N–H and O–H groups in total. The quantitative estimate of drug-likeness (QED) is 0.203. The Bertz CT molecular complexity index is 1590. The number of methoxy groups -OCH3 is 4. The van der Waals surface area contributed by atoms with Crippen molar-refractivity contribution >= 4 is 27.5 Å². The summed E-state index contributed by atoms with van der Waals surface area (Å²) in [5.74, 6) is 0.218. The van der Waals surface area contributed by atoms with Crippen molar-refractivity contribution in [2.45, 2.75) is 57.5 Å². The zero-order valence-electron chi connectivity index (χ0n) is 27.7. The molecule has 46 heavy (non-hydrogen) atoms. The summed E-state index contributed by atoms with van der Waals surface area (Å²) in [5.41, 5.74) is 1.88. The number of ether oxygens (including phenoxy) is 4. The van der Waals surface area contributed by atoms with Crippen LogP contribution in [0.2, 0.25) is 0 Å². The van der Waals surface area contributed by atoms with Crippen molar-refractivity contribution in [2.75, 3.05) is 45.8 Å². The molecule has 0 saturated carbocycles. The number of nitrogens with one attached hydrogen (secondary N) is 1. The molecule has 3 rings (SSSR count). The number of carbonyl (C=O) groups is 2. The molecule has 0 aliphatic carbocycles. The van der Waals surface area contributed by atoms with Gasteiger partial charge in [-0.1, -0.05) is 50.1 Å². The number of nitrogens with zero attached hydrogens (tertiary/aromatic N) is 2. The van der Waals surface area contributed by atoms with Gasteiger partial charge in [-0.3, -0.25) is 13.9 Å². The zero-order valence-corrected chi connectivity index (χ0v) is 28.5. The highest BCUT2D eigenvalue weighted by molar-refractivity contribution is 7.92. The number of amides is 2. The summed E-state index contributed by atoms with van der Waals surface area (Å²) in [5, 5.41) is 2.94. The number of anilines is 1. The Balaban J connectivity index is 2.18. The lowest BCUT2D eigenvalue weighted by Crippen LogP contribution is -2.52. The molecular formula is C34H45N3O8S. The van der Waals surface area contributed by atoms with E-state index in [0.29, 0.717) is 24.5 Å². The van der Waals surface area contributed by atoms with Crippen molar-refractivity contribution < 1.29 is 37.0 Å². The number of rotatable bonds is 17. The molecule has 250 valence electrons. The fourth-order valence-electron chi connectivity index (χ4n) is 5.04. The lowest BCUT2D eigenvalue weighted by atomic mass is 10.1. The van der Waals surface area contributed by atoms with E-state index in [1.807, 2.05) is 45.0 Å². The van der Waals surface area contributed by atoms with E-state index in [-0.39, 0.29) is 34.5 Å². The second-order valence-electron chi connectivity index (χ2n) is 10.6. The highest BCUT2D eigenvalue weighted by Crippen LogP contribution is 2.38. The Morgan fingerprint density at radius 3 is 2.15 bits per heavy atom. The SMILES string of the molecule is CCCCNC(=O)[C@H](CC)N(Cc1cccc(C)c1)C(=O)CN(c1cc(OC)ccc1OC)S(=O)(=O)c1ccc(OC)c(OC)c1. The zero-order chi connectivity index (χ0) is 33.9. The van der Waals surface area contributed by atoms with Crippen LogP contribution in [-0.4, -0.2) is 72.7 Å². The lowest BCUT2D eigenvalue weighted by molar-refractivity contribution is -0.140. The number of carbonyl (C=O) groups excluding carboxylic acids is 2. The molecule has 12 heteroatoms. The van der Waals surface area contributed by atoms with Crippen molar-refractivity contribution in [1.29, 1.82) is 0 Å². The Morgan fingerprint density at radius 1 is 0.848 bits per heavy atom. The molecule has 0 radical (unpaired) electrons. The molecule has 0 fully saturated rings. The topological polar surface area (TPSA) is 124 Å². The maximum atomic E-state index is 14.5. The van der Waals surface area contributed by atoms with E-state index in [1.165, 1.54) is 57.6 Å². The average molecular weight is 656 g/mol. The molecule has 0 bridgehead atoms. The first-order valence-corrected chi connectivity index (χ1v) is 16.6. The molecule has 2 amide bonds. The van der Waals surface area contributed by atoms with E-state index in [9.17, 15) is 18.0 Å². The van der Waals surface area contributed by atoms with Crippen LogP contribution in [0.4, 0.5) is 5.69 Å². The van der Waals surface area contributed by atoms with Gasteiger partial charge in [-0.25, -0.2) is 8.42 Å². The summed E-state index contributed by atoms with van der Waals surface area (Å²) >= 11 is 0. The van der Waals surface area contributed by atoms with Crippen LogP contribution >= 0.6 is 0 Å². The first-order chi connectivity index (χ1) is 22.0. The van der Waals surface area contributed by atoms with E-state index in [2.05, 4.69) is 5.32 Å². The van der Waals surface area contributed by atoms with Crippen molar-refractivity contribution in [3.8, 4) is 23.0 Å². The fraction of sp³-hybridized carbons (Fsp3) is 0.412. The van der Waals surface area contributed by atoms with Crippen molar-refractivity contribution in [2.24, 2.45) is 0 Å². The third-order valence-electron chi connectivity index (χ3n) is 7.53. The monoisotopic (exact) mass is 655 g/mol. The second kappa shape index (κ2) is 16.7. The van der Waals surface area contributed by atoms with Crippen LogP contribution in [0.5, 0.6) is 23.0 Å². The van der Waals surface area contributed by atoms with Gasteiger partial charge in [0.25, 0.3) is 10.0 Å². The summed E-state index contributed by atoms with van der Waals surface area (Å²) in [6.07, 6.45) is 2.01. The third kappa shape index (κ3) is 8.63. The molecule has 0 saturated heterocycles. The van der Waals surface area contributed by atoms with E-state index < -0.39 is 28.5 Å². The van der Waals surface area contributed by atoms with Crippen LogP contribution in [0.3, 0.4) is 0 Å². The first-order valence-electron chi connectivity index (χ1n) is 15.1. The molecule has 0 aromatic heterocycles. The minimum absolute atomic E-state index is 0.0842. The lowest BCUT2D eigenvalue weighted by Gasteiger charge is -2.33. The first kappa shape index (κ1) is 36.0. The van der Waals surface area contributed by atoms with Crippen LogP contribution in [-0.2, 0) is 26.2 Å². The normalized spacial score (nSPS) is 11.7. The van der Waals surface area contributed by atoms with Gasteiger partial charge in [-0.15, -0.1) is 0 Å². The molecular weight excluding hydrogens is 610 g/mol. The van der Waals surface area contributed by atoms with E-state index in [1.54, 1.807) is 12.1 Å². The molecule has 0 aliphatic rings. The molecule has 3 aromatic carbocycles. The molecule has 0 spiro atoms. The number of hydrogen-bond acceptors (Lipinski definition) is 8. The molecule has 0 aliphatic heterocycles. The number of hydrogen-bond donors (Lipinski definition) is 1. The molecule has 0 unspecified atom stereocenters. The van der Waals surface area contributed by atoms with Crippen molar-refractivity contribution in [3.63, 3.8) is 0 Å². The Kier molecular flexibility index (Phi) is 13.1. The summed E-state index contributed by atoms with van der Waals surface area (Å²) in [7, 11) is 1.28. The maximum Gasteiger partial charge on any atom is 0.265 e. The van der Waals surface area contributed by atoms with E-state index in [4.69, 9.17) is 18.9 Å². The van der Waals surface area contributed by atoms with Gasteiger partial charge in [0.05, 0.1) is 39.0 Å². The Hall–Kier alpha value is -4.45. The standard InChI is InChI=1S/C34H45N3O8S/c1-8-10-18-35-34(39)28(9-2)36(22-25-13-11-12-24(3)19-25)33(38)23-37(29-20-26(42-4)14-16-30(29)43-5)46(40,41)27-15-17-31(44-6)32(21-27)45-7/h11-17,19-21,28H,8-10,18,22-23H2,1-7H3,(H,35,39)/t28-/m0/s1. The average Bonchev–Trinajstić information content (AvgIpc) is 3.06. The summed E-state index contributed by atoms with van der Waals surface area (Å²) in [4.78, 5) is 29.2. The van der Waals surface area contributed by atoms with Crippen LogP contribution in [0.1, 0.15) is 44.2 Å².